The number of aliphatic hydroxyl groups excluding tert-OH is 1. The largest absolute Gasteiger partial charge is 0.483 e. The van der Waals surface area contributed by atoms with Crippen LogP contribution in [0, 0.1) is 5.92 Å². The van der Waals surface area contributed by atoms with Gasteiger partial charge in [-0.2, -0.15) is 0 Å². The zero-order valence-electron chi connectivity index (χ0n) is 6.72. The average Bonchev–Trinajstić information content (AvgIpc) is 1.87. The highest BCUT2D eigenvalue weighted by molar-refractivity contribution is 4.80. The molecule has 0 aliphatic carbocycles. The molecule has 0 rings (SSSR count). The molecule has 60 valence electrons. The molecule has 2 N–H and O–H groups in total. The maximum Gasteiger partial charge on any atom is 0.180 e. The van der Waals surface area contributed by atoms with Gasteiger partial charge in [0.15, 0.2) is 5.88 Å². The van der Waals surface area contributed by atoms with Crippen LogP contribution in [0.25, 0.3) is 0 Å². The Morgan fingerprint density at radius 1 is 1.60 bits per heavy atom. The highest BCUT2D eigenvalue weighted by atomic mass is 16.5. The van der Waals surface area contributed by atoms with Gasteiger partial charge in [-0.25, -0.2) is 0 Å². The summed E-state index contributed by atoms with van der Waals surface area (Å²) in [7, 11) is 1.50. The predicted molar refractivity (Wildman–Crippen MR) is 40.1 cm³/mol. The summed E-state index contributed by atoms with van der Waals surface area (Å²) in [4.78, 5) is 0. The molecule has 0 aromatic rings. The minimum absolute atomic E-state index is 0.159. The number of aliphatic hydroxyl groups is 1. The quantitative estimate of drug-likeness (QED) is 0.451. The monoisotopic (exact) mass is 145 g/mol. The van der Waals surface area contributed by atoms with Gasteiger partial charge in [0.1, 0.15) is 6.23 Å². The number of nitrogens with one attached hydrogen (secondary N) is 1. The molecule has 0 saturated carbocycles. The minimum Gasteiger partial charge on any atom is -0.483 e. The first-order valence-corrected chi connectivity index (χ1v) is 3.25. The number of hydrogen-bond acceptors (Lipinski definition) is 3. The van der Waals surface area contributed by atoms with E-state index in [9.17, 15) is 5.11 Å². The van der Waals surface area contributed by atoms with Gasteiger partial charge in [0.25, 0.3) is 0 Å². The van der Waals surface area contributed by atoms with Gasteiger partial charge in [-0.1, -0.05) is 13.8 Å². The van der Waals surface area contributed by atoms with Crippen LogP contribution in [0.1, 0.15) is 13.8 Å². The molecule has 3 nitrogen and oxygen atoms in total. The summed E-state index contributed by atoms with van der Waals surface area (Å²) >= 11 is 0. The summed E-state index contributed by atoms with van der Waals surface area (Å²) in [6.07, 6.45) is -0.576. The van der Waals surface area contributed by atoms with Crippen molar-refractivity contribution in [2.75, 3.05) is 7.11 Å². The molecule has 0 aromatic heterocycles. The smallest absolute Gasteiger partial charge is 0.180 e. The van der Waals surface area contributed by atoms with Crippen molar-refractivity contribution < 1.29 is 9.84 Å². The lowest BCUT2D eigenvalue weighted by Gasteiger charge is -2.17. The van der Waals surface area contributed by atoms with Crippen molar-refractivity contribution in [1.82, 2.24) is 5.32 Å². The van der Waals surface area contributed by atoms with E-state index < -0.39 is 6.23 Å². The Kier molecular flexibility index (Phi) is 3.88. The first kappa shape index (κ1) is 9.30. The predicted octanol–water partition coefficient (Wildman–Crippen LogP) is 0.668. The second-order valence-electron chi connectivity index (χ2n) is 2.46. The van der Waals surface area contributed by atoms with Crippen LogP contribution in [0.4, 0.5) is 0 Å². The molecule has 0 saturated heterocycles. The number of methoxy groups -OCH3 is 1. The molecule has 0 radical (unpaired) electrons. The third-order valence-corrected chi connectivity index (χ3v) is 1.19. The molecule has 3 heteroatoms. The van der Waals surface area contributed by atoms with Crippen molar-refractivity contribution in [3.8, 4) is 0 Å². The summed E-state index contributed by atoms with van der Waals surface area (Å²) in [5, 5.41) is 11.8. The topological polar surface area (TPSA) is 41.5 Å². The zero-order valence-corrected chi connectivity index (χ0v) is 6.72. The molecule has 0 fully saturated rings. The lowest BCUT2D eigenvalue weighted by molar-refractivity contribution is 0.0782. The highest BCUT2D eigenvalue weighted by Crippen LogP contribution is 1.99. The van der Waals surface area contributed by atoms with E-state index in [4.69, 9.17) is 4.74 Å². The third kappa shape index (κ3) is 3.35. The maximum atomic E-state index is 9.18. The first-order chi connectivity index (χ1) is 4.57. The Hall–Kier alpha value is -0.700. The highest BCUT2D eigenvalue weighted by Gasteiger charge is 2.07. The number of rotatable bonds is 4. The summed E-state index contributed by atoms with van der Waals surface area (Å²) in [5.74, 6) is 0.549. The molecule has 0 aromatic carbocycles. The Balaban J connectivity index is 3.57. The van der Waals surface area contributed by atoms with Gasteiger partial charge in [0.2, 0.25) is 0 Å². The van der Waals surface area contributed by atoms with Crippen molar-refractivity contribution >= 4 is 0 Å². The van der Waals surface area contributed by atoms with E-state index in [1.54, 1.807) is 0 Å². The van der Waals surface area contributed by atoms with Crippen molar-refractivity contribution in [3.63, 3.8) is 0 Å². The minimum atomic E-state index is -0.576. The summed E-state index contributed by atoms with van der Waals surface area (Å²) in [5.41, 5.74) is 0. The van der Waals surface area contributed by atoms with E-state index in [0.29, 0.717) is 5.88 Å². The molecule has 0 bridgehead atoms. The first-order valence-electron chi connectivity index (χ1n) is 3.25. The van der Waals surface area contributed by atoms with Crippen LogP contribution < -0.4 is 5.32 Å². The van der Waals surface area contributed by atoms with E-state index in [-0.39, 0.29) is 5.92 Å². The molecule has 1 atom stereocenters. The summed E-state index contributed by atoms with van der Waals surface area (Å²) in [6.45, 7) is 7.31. The van der Waals surface area contributed by atoms with E-state index >= 15 is 0 Å². The summed E-state index contributed by atoms with van der Waals surface area (Å²) < 4.78 is 4.71. The van der Waals surface area contributed by atoms with Crippen LogP contribution in [0.15, 0.2) is 12.5 Å². The van der Waals surface area contributed by atoms with E-state index in [2.05, 4.69) is 11.9 Å². The SMILES string of the molecule is C=C(NC(O)C(C)C)OC. The van der Waals surface area contributed by atoms with Gasteiger partial charge in [0, 0.05) is 0 Å². The van der Waals surface area contributed by atoms with Crippen LogP contribution in [0.5, 0.6) is 0 Å². The Morgan fingerprint density at radius 2 is 2.10 bits per heavy atom. The molecule has 0 heterocycles. The van der Waals surface area contributed by atoms with Crippen molar-refractivity contribution in [1.29, 1.82) is 0 Å². The Bertz CT molecular complexity index is 112. The maximum absolute atomic E-state index is 9.18. The second-order valence-corrected chi connectivity index (χ2v) is 2.46. The van der Waals surface area contributed by atoms with Crippen LogP contribution in [-0.2, 0) is 4.74 Å². The third-order valence-electron chi connectivity index (χ3n) is 1.19. The van der Waals surface area contributed by atoms with Crippen LogP contribution in [0.2, 0.25) is 0 Å². The van der Waals surface area contributed by atoms with Gasteiger partial charge in [0.05, 0.1) is 7.11 Å². The van der Waals surface area contributed by atoms with Gasteiger partial charge in [-0.3, -0.25) is 0 Å². The van der Waals surface area contributed by atoms with E-state index in [1.807, 2.05) is 13.8 Å². The Morgan fingerprint density at radius 3 is 2.40 bits per heavy atom. The molecule has 0 amide bonds. The van der Waals surface area contributed by atoms with Gasteiger partial charge < -0.3 is 15.2 Å². The van der Waals surface area contributed by atoms with Crippen LogP contribution in [-0.4, -0.2) is 18.4 Å². The van der Waals surface area contributed by atoms with Crippen molar-refractivity contribution in [3.05, 3.63) is 12.5 Å². The fourth-order valence-corrected chi connectivity index (χ4v) is 0.391. The molecular formula is C7H15NO2. The van der Waals surface area contributed by atoms with Gasteiger partial charge >= 0.3 is 0 Å². The van der Waals surface area contributed by atoms with Crippen LogP contribution >= 0.6 is 0 Å². The molecular weight excluding hydrogens is 130 g/mol. The second kappa shape index (κ2) is 4.17. The lowest BCUT2D eigenvalue weighted by atomic mass is 10.2. The van der Waals surface area contributed by atoms with Gasteiger partial charge in [-0.15, -0.1) is 0 Å². The molecule has 10 heavy (non-hydrogen) atoms. The average molecular weight is 145 g/mol. The van der Waals surface area contributed by atoms with Gasteiger partial charge in [-0.05, 0) is 12.5 Å². The molecule has 0 aliphatic heterocycles. The number of hydrogen-bond donors (Lipinski definition) is 2. The molecule has 1 unspecified atom stereocenters. The fraction of sp³-hybridized carbons (Fsp3) is 0.714. The van der Waals surface area contributed by atoms with E-state index in [0.717, 1.165) is 0 Å². The lowest BCUT2D eigenvalue weighted by Crippen LogP contribution is -2.32. The zero-order chi connectivity index (χ0) is 8.15. The fourth-order valence-electron chi connectivity index (χ4n) is 0.391. The van der Waals surface area contributed by atoms with E-state index in [1.165, 1.54) is 7.11 Å². The Labute approximate surface area is 61.7 Å². The van der Waals surface area contributed by atoms with Crippen molar-refractivity contribution in [2.24, 2.45) is 5.92 Å². The summed E-state index contributed by atoms with van der Waals surface area (Å²) in [6, 6.07) is 0. The normalized spacial score (nSPS) is 12.9. The molecule has 0 aliphatic rings. The van der Waals surface area contributed by atoms with Crippen LogP contribution in [0.3, 0.4) is 0 Å². The van der Waals surface area contributed by atoms with Crippen molar-refractivity contribution in [2.45, 2.75) is 20.1 Å². The molecule has 0 spiro atoms. The standard InChI is InChI=1S/C7H15NO2/c1-5(2)7(9)8-6(3)10-4/h5,7-9H,3H2,1-2,4H3. The number of ether oxygens (including phenoxy) is 1.